The Labute approximate surface area is 103 Å². The van der Waals surface area contributed by atoms with Crippen LogP contribution in [0.4, 0.5) is 0 Å². The van der Waals surface area contributed by atoms with Crippen molar-refractivity contribution in [3.8, 4) is 0 Å². The Balaban J connectivity index is 2.39. The van der Waals surface area contributed by atoms with Gasteiger partial charge >= 0.3 is 11.9 Å². The van der Waals surface area contributed by atoms with E-state index in [-0.39, 0.29) is 18.1 Å². The van der Waals surface area contributed by atoms with E-state index in [0.29, 0.717) is 10.9 Å². The van der Waals surface area contributed by atoms with Gasteiger partial charge in [-0.2, -0.15) is 0 Å². The Morgan fingerprint density at radius 2 is 2.11 bits per heavy atom. The van der Waals surface area contributed by atoms with Gasteiger partial charge in [0.15, 0.2) is 0 Å². The monoisotopic (exact) mass is 249 g/mol. The molecular formula is C12H11NO5. The Morgan fingerprint density at radius 1 is 1.33 bits per heavy atom. The molecule has 0 saturated heterocycles. The van der Waals surface area contributed by atoms with E-state index in [1.165, 1.54) is 19.4 Å². The van der Waals surface area contributed by atoms with Gasteiger partial charge in [-0.25, -0.2) is 14.6 Å². The number of aromatic nitrogens is 1. The molecule has 6 nitrogen and oxygen atoms in total. The van der Waals surface area contributed by atoms with Crippen molar-refractivity contribution in [1.29, 1.82) is 0 Å². The molecule has 0 aliphatic rings. The summed E-state index contributed by atoms with van der Waals surface area (Å²) < 4.78 is 14.6. The molecule has 0 aliphatic carbocycles. The van der Waals surface area contributed by atoms with Gasteiger partial charge in [-0.3, -0.25) is 0 Å². The second-order valence-electron chi connectivity index (χ2n) is 3.44. The number of rotatable bonds is 3. The summed E-state index contributed by atoms with van der Waals surface area (Å²) in [7, 11) is 1.26. The first-order chi connectivity index (χ1) is 8.65. The minimum Gasteiger partial charge on any atom is -0.463 e. The maximum Gasteiger partial charge on any atom is 0.374 e. The van der Waals surface area contributed by atoms with E-state index < -0.39 is 11.9 Å². The molecule has 18 heavy (non-hydrogen) atoms. The average Bonchev–Trinajstić information content (AvgIpc) is 2.80. The number of pyridine rings is 1. The van der Waals surface area contributed by atoms with Crippen LogP contribution in [0.25, 0.3) is 11.1 Å². The summed E-state index contributed by atoms with van der Waals surface area (Å²) >= 11 is 0. The Bertz CT molecular complexity index is 602. The smallest absolute Gasteiger partial charge is 0.374 e. The van der Waals surface area contributed by atoms with Crippen molar-refractivity contribution in [2.24, 2.45) is 0 Å². The number of carbonyl (C=O) groups excluding carboxylic acids is 2. The molecule has 6 heteroatoms. The quantitative estimate of drug-likeness (QED) is 0.771. The molecule has 0 fully saturated rings. The summed E-state index contributed by atoms with van der Waals surface area (Å²) in [6.45, 7) is 2.01. The molecule has 0 N–H and O–H groups in total. The highest BCUT2D eigenvalue weighted by Gasteiger charge is 2.15. The molecule has 0 aliphatic heterocycles. The van der Waals surface area contributed by atoms with Gasteiger partial charge in [0.1, 0.15) is 0 Å². The Kier molecular flexibility index (Phi) is 3.27. The number of fused-ring (bicyclic) bond motifs is 1. The lowest BCUT2D eigenvalue weighted by Crippen LogP contribution is -2.04. The highest BCUT2D eigenvalue weighted by atomic mass is 16.5. The van der Waals surface area contributed by atoms with Gasteiger partial charge in [-0.1, -0.05) is 0 Å². The zero-order chi connectivity index (χ0) is 13.1. The number of furan rings is 1. The molecular weight excluding hydrogens is 238 g/mol. The van der Waals surface area contributed by atoms with Gasteiger partial charge in [-0.05, 0) is 13.0 Å². The molecule has 2 rings (SSSR count). The van der Waals surface area contributed by atoms with Gasteiger partial charge in [0.05, 0.1) is 19.3 Å². The summed E-state index contributed by atoms with van der Waals surface area (Å²) in [5.41, 5.74) is 0.574. The number of carbonyl (C=O) groups is 2. The molecule has 0 aromatic carbocycles. The van der Waals surface area contributed by atoms with Crippen LogP contribution in [0, 0.1) is 0 Å². The minimum atomic E-state index is -0.592. The van der Waals surface area contributed by atoms with Crippen LogP contribution < -0.4 is 0 Å². The number of nitrogens with zero attached hydrogens (tertiary/aromatic N) is 1. The first-order valence-electron chi connectivity index (χ1n) is 5.30. The largest absolute Gasteiger partial charge is 0.463 e. The maximum absolute atomic E-state index is 11.5. The molecule has 0 unspecified atom stereocenters. The lowest BCUT2D eigenvalue weighted by Gasteiger charge is -1.99. The fourth-order valence-corrected chi connectivity index (χ4v) is 1.46. The molecule has 0 atom stereocenters. The SMILES string of the molecule is CCOC(=O)c1cnc2oc(C(=O)OC)cc2c1. The van der Waals surface area contributed by atoms with E-state index in [1.54, 1.807) is 13.0 Å². The van der Waals surface area contributed by atoms with Crippen molar-refractivity contribution in [2.45, 2.75) is 6.92 Å². The second-order valence-corrected chi connectivity index (χ2v) is 3.44. The van der Waals surface area contributed by atoms with Gasteiger partial charge in [0.2, 0.25) is 11.5 Å². The van der Waals surface area contributed by atoms with E-state index in [4.69, 9.17) is 9.15 Å². The molecule has 0 amide bonds. The molecule has 0 bridgehead atoms. The molecule has 2 aromatic heterocycles. The maximum atomic E-state index is 11.5. The van der Waals surface area contributed by atoms with E-state index in [2.05, 4.69) is 9.72 Å². The van der Waals surface area contributed by atoms with E-state index in [1.807, 2.05) is 0 Å². The van der Waals surface area contributed by atoms with Gasteiger partial charge in [0, 0.05) is 17.6 Å². The number of methoxy groups -OCH3 is 1. The second kappa shape index (κ2) is 4.87. The molecule has 2 aromatic rings. The number of ether oxygens (including phenoxy) is 2. The van der Waals surface area contributed by atoms with Crippen LogP contribution in [0.3, 0.4) is 0 Å². The van der Waals surface area contributed by atoms with Crippen LogP contribution in [0.2, 0.25) is 0 Å². The normalized spacial score (nSPS) is 10.3. The van der Waals surface area contributed by atoms with Crippen LogP contribution in [0.15, 0.2) is 22.7 Å². The highest BCUT2D eigenvalue weighted by Crippen LogP contribution is 2.19. The predicted octanol–water partition coefficient (Wildman–Crippen LogP) is 1.79. The Hall–Kier alpha value is -2.37. The van der Waals surface area contributed by atoms with E-state index in [9.17, 15) is 9.59 Å². The van der Waals surface area contributed by atoms with Crippen LogP contribution in [-0.4, -0.2) is 30.6 Å². The van der Waals surface area contributed by atoms with E-state index >= 15 is 0 Å². The topological polar surface area (TPSA) is 78.6 Å². The third kappa shape index (κ3) is 2.17. The van der Waals surface area contributed by atoms with Crippen LogP contribution in [0.1, 0.15) is 27.8 Å². The van der Waals surface area contributed by atoms with Crippen molar-refractivity contribution in [2.75, 3.05) is 13.7 Å². The first-order valence-corrected chi connectivity index (χ1v) is 5.30. The van der Waals surface area contributed by atoms with Crippen molar-refractivity contribution >= 4 is 23.0 Å². The van der Waals surface area contributed by atoms with Crippen LogP contribution >= 0.6 is 0 Å². The highest BCUT2D eigenvalue weighted by molar-refractivity contribution is 5.95. The molecule has 0 radical (unpaired) electrons. The predicted molar refractivity (Wildman–Crippen MR) is 61.3 cm³/mol. The van der Waals surface area contributed by atoms with E-state index in [0.717, 1.165) is 0 Å². The number of hydrogen-bond donors (Lipinski definition) is 0. The third-order valence-corrected chi connectivity index (χ3v) is 2.27. The zero-order valence-corrected chi connectivity index (χ0v) is 9.93. The summed E-state index contributed by atoms with van der Waals surface area (Å²) in [5, 5.41) is 0.543. The van der Waals surface area contributed by atoms with Gasteiger partial charge in [-0.15, -0.1) is 0 Å². The molecule has 94 valence electrons. The van der Waals surface area contributed by atoms with Crippen molar-refractivity contribution in [3.05, 3.63) is 29.7 Å². The summed E-state index contributed by atoms with van der Waals surface area (Å²) in [4.78, 5) is 26.7. The fraction of sp³-hybridized carbons (Fsp3) is 0.250. The lowest BCUT2D eigenvalue weighted by atomic mass is 10.2. The van der Waals surface area contributed by atoms with Crippen LogP contribution in [0.5, 0.6) is 0 Å². The molecule has 2 heterocycles. The van der Waals surface area contributed by atoms with Crippen LogP contribution in [-0.2, 0) is 9.47 Å². The first kappa shape index (κ1) is 12.1. The molecule has 0 spiro atoms. The van der Waals surface area contributed by atoms with Crippen molar-refractivity contribution in [1.82, 2.24) is 4.98 Å². The fourth-order valence-electron chi connectivity index (χ4n) is 1.46. The number of hydrogen-bond acceptors (Lipinski definition) is 6. The Morgan fingerprint density at radius 3 is 2.78 bits per heavy atom. The standard InChI is InChI=1S/C12H11NO5/c1-3-17-11(14)8-4-7-5-9(12(15)16-2)18-10(7)13-6-8/h4-6H,3H2,1-2H3. The van der Waals surface area contributed by atoms with Crippen molar-refractivity contribution in [3.63, 3.8) is 0 Å². The minimum absolute atomic E-state index is 0.0426. The lowest BCUT2D eigenvalue weighted by molar-refractivity contribution is 0.0524. The summed E-state index contributed by atoms with van der Waals surface area (Å²) in [6, 6.07) is 3.02. The van der Waals surface area contributed by atoms with Crippen molar-refractivity contribution < 1.29 is 23.5 Å². The number of esters is 2. The summed E-state index contributed by atoms with van der Waals surface area (Å²) in [5.74, 6) is -1.01. The average molecular weight is 249 g/mol. The zero-order valence-electron chi connectivity index (χ0n) is 9.93. The third-order valence-electron chi connectivity index (χ3n) is 2.27. The van der Waals surface area contributed by atoms with Gasteiger partial charge in [0.25, 0.3) is 0 Å². The molecule has 0 saturated carbocycles. The summed E-state index contributed by atoms with van der Waals surface area (Å²) in [6.07, 6.45) is 1.34. The van der Waals surface area contributed by atoms with Gasteiger partial charge < -0.3 is 13.9 Å².